The van der Waals surface area contributed by atoms with Gasteiger partial charge in [-0.15, -0.1) is 5.10 Å². The van der Waals surface area contributed by atoms with Gasteiger partial charge in [-0.25, -0.2) is 9.37 Å². The summed E-state index contributed by atoms with van der Waals surface area (Å²) in [6, 6.07) is 13.1. The number of aromatic nitrogens is 5. The van der Waals surface area contributed by atoms with E-state index < -0.39 is 11.7 Å². The van der Waals surface area contributed by atoms with Crippen LogP contribution in [-0.2, 0) is 7.05 Å². The quantitative estimate of drug-likeness (QED) is 0.542. The van der Waals surface area contributed by atoms with E-state index in [2.05, 4.69) is 31.6 Å². The molecule has 0 bridgehead atoms. The number of halogens is 1. The van der Waals surface area contributed by atoms with Crippen LogP contribution >= 0.6 is 11.3 Å². The van der Waals surface area contributed by atoms with E-state index in [0.29, 0.717) is 27.5 Å². The molecule has 0 saturated heterocycles. The molecule has 148 valence electrons. The van der Waals surface area contributed by atoms with Crippen LogP contribution in [0.3, 0.4) is 0 Å². The number of pyridine rings is 1. The molecule has 0 aliphatic heterocycles. The van der Waals surface area contributed by atoms with Crippen LogP contribution in [0.15, 0.2) is 42.5 Å². The number of hydrogen-bond donors (Lipinski definition) is 1. The molecule has 3 aromatic heterocycles. The Hall–Kier alpha value is -3.97. The monoisotopic (exact) mass is 419 g/mol. The van der Waals surface area contributed by atoms with Crippen LogP contribution in [0.1, 0.15) is 21.1 Å². The summed E-state index contributed by atoms with van der Waals surface area (Å²) >= 11 is 1.04. The zero-order valence-electron chi connectivity index (χ0n) is 15.9. The minimum atomic E-state index is -0.538. The van der Waals surface area contributed by atoms with Gasteiger partial charge in [0.2, 0.25) is 0 Å². The van der Waals surface area contributed by atoms with Gasteiger partial charge in [-0.2, -0.15) is 15.2 Å². The molecule has 1 aromatic carbocycles. The normalized spacial score (nSPS) is 10.6. The number of rotatable bonds is 4. The first-order valence-corrected chi connectivity index (χ1v) is 9.60. The number of aryl methyl sites for hydroxylation is 2. The molecule has 3 heterocycles. The number of nitrogens with zero attached hydrogens (tertiary/aromatic N) is 6. The molecule has 0 aliphatic carbocycles. The fourth-order valence-electron chi connectivity index (χ4n) is 2.82. The molecule has 30 heavy (non-hydrogen) atoms. The van der Waals surface area contributed by atoms with Crippen LogP contribution in [0.2, 0.25) is 0 Å². The van der Waals surface area contributed by atoms with Gasteiger partial charge in [0.05, 0.1) is 5.69 Å². The van der Waals surface area contributed by atoms with Crippen LogP contribution in [0.25, 0.3) is 22.6 Å². The molecule has 1 amide bonds. The molecular formula is C20H14FN7OS. The lowest BCUT2D eigenvalue weighted by Gasteiger charge is -2.01. The summed E-state index contributed by atoms with van der Waals surface area (Å²) in [5.41, 5.74) is 2.67. The number of nitrogens with one attached hydrogen (secondary N) is 1. The maximum atomic E-state index is 13.2. The first-order valence-electron chi connectivity index (χ1n) is 8.78. The largest absolute Gasteiger partial charge is 0.296 e. The minimum Gasteiger partial charge on any atom is -0.296 e. The van der Waals surface area contributed by atoms with Crippen molar-refractivity contribution >= 4 is 22.4 Å². The van der Waals surface area contributed by atoms with E-state index in [0.717, 1.165) is 17.0 Å². The van der Waals surface area contributed by atoms with Crippen molar-refractivity contribution in [3.05, 3.63) is 64.5 Å². The molecule has 10 heteroatoms. The smallest absolute Gasteiger partial charge is 0.280 e. The SMILES string of the molecule is Cc1cccc(-c2nc(NC(=O)c3nn(C)nc3-c3ccc(F)cc3)sc2C#N)n1. The summed E-state index contributed by atoms with van der Waals surface area (Å²) < 4.78 is 13.2. The van der Waals surface area contributed by atoms with Gasteiger partial charge in [0.15, 0.2) is 10.8 Å². The average molecular weight is 419 g/mol. The highest BCUT2D eigenvalue weighted by molar-refractivity contribution is 7.16. The van der Waals surface area contributed by atoms with Crippen molar-refractivity contribution in [1.82, 2.24) is 25.0 Å². The van der Waals surface area contributed by atoms with Crippen LogP contribution in [0, 0.1) is 24.1 Å². The van der Waals surface area contributed by atoms with Gasteiger partial charge in [0.1, 0.15) is 28.2 Å². The topological polar surface area (TPSA) is 109 Å². The zero-order chi connectivity index (χ0) is 21.3. The van der Waals surface area contributed by atoms with Crippen LogP contribution in [-0.4, -0.2) is 30.9 Å². The predicted molar refractivity (Wildman–Crippen MR) is 109 cm³/mol. The van der Waals surface area contributed by atoms with Gasteiger partial charge in [-0.3, -0.25) is 15.1 Å². The zero-order valence-corrected chi connectivity index (χ0v) is 16.7. The molecule has 0 saturated carbocycles. The van der Waals surface area contributed by atoms with Crippen molar-refractivity contribution in [2.24, 2.45) is 7.05 Å². The molecule has 0 aliphatic rings. The molecule has 8 nitrogen and oxygen atoms in total. The van der Waals surface area contributed by atoms with Crippen molar-refractivity contribution in [3.63, 3.8) is 0 Å². The summed E-state index contributed by atoms with van der Waals surface area (Å²) in [7, 11) is 1.59. The number of hydrogen-bond acceptors (Lipinski definition) is 7. The Labute approximate surface area is 174 Å². The van der Waals surface area contributed by atoms with Gasteiger partial charge < -0.3 is 0 Å². The van der Waals surface area contributed by atoms with Crippen LogP contribution in [0.5, 0.6) is 0 Å². The summed E-state index contributed by atoms with van der Waals surface area (Å²) in [5.74, 6) is -0.929. The minimum absolute atomic E-state index is 0.0630. The first kappa shape index (κ1) is 19.4. The maximum Gasteiger partial charge on any atom is 0.280 e. The number of carbonyl (C=O) groups excluding carboxylic acids is 1. The summed E-state index contributed by atoms with van der Waals surface area (Å²) in [4.78, 5) is 23.2. The van der Waals surface area contributed by atoms with Gasteiger partial charge in [-0.05, 0) is 43.3 Å². The Kier molecular flexibility index (Phi) is 5.04. The van der Waals surface area contributed by atoms with Crippen molar-refractivity contribution in [2.75, 3.05) is 5.32 Å². The Balaban J connectivity index is 1.66. The summed E-state index contributed by atoms with van der Waals surface area (Å²) in [5, 5.41) is 20.7. The average Bonchev–Trinajstić information content (AvgIpc) is 3.32. The Morgan fingerprint density at radius 1 is 1.13 bits per heavy atom. The van der Waals surface area contributed by atoms with Crippen molar-refractivity contribution in [1.29, 1.82) is 5.26 Å². The highest BCUT2D eigenvalue weighted by Crippen LogP contribution is 2.30. The van der Waals surface area contributed by atoms with E-state index in [9.17, 15) is 14.4 Å². The van der Waals surface area contributed by atoms with Gasteiger partial charge >= 0.3 is 0 Å². The lowest BCUT2D eigenvalue weighted by atomic mass is 10.1. The summed E-state index contributed by atoms with van der Waals surface area (Å²) in [6.07, 6.45) is 0. The lowest BCUT2D eigenvalue weighted by molar-refractivity contribution is 0.102. The van der Waals surface area contributed by atoms with E-state index >= 15 is 0 Å². The van der Waals surface area contributed by atoms with Gasteiger partial charge in [0.25, 0.3) is 5.91 Å². The maximum absolute atomic E-state index is 13.2. The molecule has 0 unspecified atom stereocenters. The second kappa shape index (κ2) is 7.81. The second-order valence-corrected chi connectivity index (χ2v) is 7.32. The number of anilines is 1. The van der Waals surface area contributed by atoms with E-state index in [1.54, 1.807) is 13.1 Å². The molecule has 1 N–H and O–H groups in total. The number of benzene rings is 1. The Morgan fingerprint density at radius 2 is 1.90 bits per heavy atom. The van der Waals surface area contributed by atoms with E-state index in [1.165, 1.54) is 29.1 Å². The molecular weight excluding hydrogens is 405 g/mol. The standard InChI is InChI=1S/C20H14FN7OS/c1-11-4-3-5-14(23-11)17-15(10-22)30-20(24-17)25-19(29)18-16(26-28(2)27-18)12-6-8-13(21)9-7-12/h3-9H,1-2H3,(H,24,25,29). The number of thiazole rings is 1. The highest BCUT2D eigenvalue weighted by atomic mass is 32.1. The lowest BCUT2D eigenvalue weighted by Crippen LogP contribution is -2.14. The molecule has 4 rings (SSSR count). The number of nitriles is 1. The third-order valence-electron chi connectivity index (χ3n) is 4.13. The Bertz CT molecular complexity index is 1290. The second-order valence-electron chi connectivity index (χ2n) is 6.32. The molecule has 0 spiro atoms. The van der Waals surface area contributed by atoms with Crippen LogP contribution < -0.4 is 5.32 Å². The molecule has 0 fully saturated rings. The fourth-order valence-corrected chi connectivity index (χ4v) is 3.58. The van der Waals surface area contributed by atoms with Crippen molar-refractivity contribution < 1.29 is 9.18 Å². The van der Waals surface area contributed by atoms with E-state index in [-0.39, 0.29) is 10.8 Å². The highest BCUT2D eigenvalue weighted by Gasteiger charge is 2.22. The van der Waals surface area contributed by atoms with Crippen molar-refractivity contribution in [3.8, 4) is 28.7 Å². The Morgan fingerprint density at radius 3 is 2.60 bits per heavy atom. The van der Waals surface area contributed by atoms with Crippen molar-refractivity contribution in [2.45, 2.75) is 6.92 Å². The third-order valence-corrected chi connectivity index (χ3v) is 5.00. The fraction of sp³-hybridized carbons (Fsp3) is 0.100. The third kappa shape index (κ3) is 3.78. The molecule has 0 radical (unpaired) electrons. The predicted octanol–water partition coefficient (Wildman–Crippen LogP) is 3.57. The van der Waals surface area contributed by atoms with E-state index in [1.807, 2.05) is 19.1 Å². The number of carbonyl (C=O) groups is 1. The molecule has 4 aromatic rings. The summed E-state index contributed by atoms with van der Waals surface area (Å²) in [6.45, 7) is 1.84. The van der Waals surface area contributed by atoms with Crippen LogP contribution in [0.4, 0.5) is 9.52 Å². The van der Waals surface area contributed by atoms with Gasteiger partial charge in [-0.1, -0.05) is 17.4 Å². The van der Waals surface area contributed by atoms with Gasteiger partial charge in [0, 0.05) is 18.3 Å². The van der Waals surface area contributed by atoms with E-state index in [4.69, 9.17) is 0 Å². The molecule has 0 atom stereocenters. The first-order chi connectivity index (χ1) is 14.4. The number of amides is 1.